The van der Waals surface area contributed by atoms with Crippen LogP contribution < -0.4 is 0 Å². The van der Waals surface area contributed by atoms with E-state index in [1.165, 1.54) is 0 Å². The fourth-order valence-electron chi connectivity index (χ4n) is 2.32. The number of hydrogen-bond donors (Lipinski definition) is 0. The van der Waals surface area contributed by atoms with Gasteiger partial charge >= 0.3 is 0 Å². The molecule has 0 aliphatic carbocycles. The van der Waals surface area contributed by atoms with Crippen LogP contribution in [0.5, 0.6) is 0 Å². The minimum Gasteiger partial charge on any atom is -0.415 e. The maximum Gasteiger partial charge on any atom is 0.268 e. The van der Waals surface area contributed by atoms with E-state index in [4.69, 9.17) is 4.42 Å². The first-order valence-corrected chi connectivity index (χ1v) is 7.54. The van der Waals surface area contributed by atoms with Gasteiger partial charge in [0, 0.05) is 18.0 Å². The highest BCUT2D eigenvalue weighted by Crippen LogP contribution is 2.26. The van der Waals surface area contributed by atoms with Crippen LogP contribution >= 0.6 is 15.9 Å². The van der Waals surface area contributed by atoms with E-state index in [9.17, 15) is 0 Å². The molecule has 0 fully saturated rings. The highest BCUT2D eigenvalue weighted by Gasteiger charge is 2.14. The van der Waals surface area contributed by atoms with Gasteiger partial charge in [-0.25, -0.2) is 4.98 Å². The van der Waals surface area contributed by atoms with Gasteiger partial charge in [0.15, 0.2) is 5.65 Å². The Labute approximate surface area is 134 Å². The zero-order valence-corrected chi connectivity index (χ0v) is 13.3. The number of imidazole rings is 1. The number of fused-ring (bicyclic) bond motifs is 1. The van der Waals surface area contributed by atoms with Crippen LogP contribution in [0.25, 0.3) is 28.7 Å². The van der Waals surface area contributed by atoms with E-state index in [0.717, 1.165) is 21.2 Å². The van der Waals surface area contributed by atoms with E-state index in [0.29, 0.717) is 17.5 Å². The molecule has 0 bridgehead atoms. The van der Waals surface area contributed by atoms with Crippen molar-refractivity contribution in [2.45, 2.75) is 6.92 Å². The summed E-state index contributed by atoms with van der Waals surface area (Å²) in [5, 5.41) is 8.20. The van der Waals surface area contributed by atoms with Gasteiger partial charge in [-0.2, -0.15) is 0 Å². The fourth-order valence-corrected chi connectivity index (χ4v) is 2.97. The quantitative estimate of drug-likeness (QED) is 0.543. The van der Waals surface area contributed by atoms with Gasteiger partial charge in [0.2, 0.25) is 5.89 Å². The predicted molar refractivity (Wildman–Crippen MR) is 86.4 cm³/mol. The van der Waals surface area contributed by atoms with Gasteiger partial charge in [-0.1, -0.05) is 18.2 Å². The van der Waals surface area contributed by atoms with Gasteiger partial charge < -0.3 is 8.82 Å². The molecule has 0 spiro atoms. The Morgan fingerprint density at radius 3 is 2.64 bits per heavy atom. The van der Waals surface area contributed by atoms with Crippen LogP contribution in [0.15, 0.2) is 57.7 Å². The van der Waals surface area contributed by atoms with Crippen LogP contribution in [0.1, 0.15) is 5.56 Å². The van der Waals surface area contributed by atoms with Crippen LogP contribution in [0.4, 0.5) is 0 Å². The van der Waals surface area contributed by atoms with Gasteiger partial charge in [-0.3, -0.25) is 0 Å². The third-order valence-electron chi connectivity index (χ3n) is 3.31. The molecular weight excluding hydrogens is 344 g/mol. The Morgan fingerprint density at radius 2 is 1.82 bits per heavy atom. The molecule has 22 heavy (non-hydrogen) atoms. The molecule has 0 atom stereocenters. The molecule has 4 rings (SSSR count). The molecule has 0 aliphatic heterocycles. The second-order valence-corrected chi connectivity index (χ2v) is 5.86. The molecule has 4 aromatic rings. The van der Waals surface area contributed by atoms with Gasteiger partial charge in [-0.15, -0.1) is 10.2 Å². The first-order valence-electron chi connectivity index (χ1n) is 6.75. The number of nitrogens with zero attached hydrogens (tertiary/aromatic N) is 4. The van der Waals surface area contributed by atoms with E-state index in [-0.39, 0.29) is 0 Å². The smallest absolute Gasteiger partial charge is 0.268 e. The second kappa shape index (κ2) is 5.06. The molecule has 0 aliphatic rings. The SMILES string of the molecule is Cc1cc(Br)c2nc(-c3nnc(-c4ccccc4)o3)cn2c1. The summed E-state index contributed by atoms with van der Waals surface area (Å²) in [4.78, 5) is 4.55. The first kappa shape index (κ1) is 13.2. The van der Waals surface area contributed by atoms with Crippen molar-refractivity contribution < 1.29 is 4.42 Å². The van der Waals surface area contributed by atoms with Crippen molar-refractivity contribution in [3.8, 4) is 23.0 Å². The van der Waals surface area contributed by atoms with Crippen LogP contribution in [0.3, 0.4) is 0 Å². The summed E-state index contributed by atoms with van der Waals surface area (Å²) in [6.45, 7) is 2.03. The molecule has 0 radical (unpaired) electrons. The minimum atomic E-state index is 0.409. The lowest BCUT2D eigenvalue weighted by Crippen LogP contribution is -1.85. The summed E-state index contributed by atoms with van der Waals surface area (Å²) >= 11 is 3.53. The van der Waals surface area contributed by atoms with E-state index in [1.807, 2.05) is 60.1 Å². The Kier molecular flexibility index (Phi) is 3.04. The second-order valence-electron chi connectivity index (χ2n) is 5.00. The average Bonchev–Trinajstić information content (AvgIpc) is 3.14. The average molecular weight is 355 g/mol. The zero-order chi connectivity index (χ0) is 15.1. The molecule has 3 aromatic heterocycles. The molecule has 1 aromatic carbocycles. The van der Waals surface area contributed by atoms with Crippen LogP contribution in [-0.4, -0.2) is 19.6 Å². The Bertz CT molecular complexity index is 959. The van der Waals surface area contributed by atoms with Crippen molar-refractivity contribution in [3.05, 3.63) is 58.8 Å². The molecule has 6 heteroatoms. The van der Waals surface area contributed by atoms with Crippen molar-refractivity contribution in [2.24, 2.45) is 0 Å². The van der Waals surface area contributed by atoms with Crippen molar-refractivity contribution in [1.82, 2.24) is 19.6 Å². The van der Waals surface area contributed by atoms with Crippen LogP contribution in [0, 0.1) is 6.92 Å². The Hall–Kier alpha value is -2.47. The number of aryl methyl sites for hydroxylation is 1. The first-order chi connectivity index (χ1) is 10.7. The summed E-state index contributed by atoms with van der Waals surface area (Å²) in [6, 6.07) is 11.7. The molecule has 0 saturated heterocycles. The summed E-state index contributed by atoms with van der Waals surface area (Å²) in [5.41, 5.74) is 3.50. The lowest BCUT2D eigenvalue weighted by molar-refractivity contribution is 0.582. The van der Waals surface area contributed by atoms with Gasteiger partial charge in [0.05, 0.1) is 4.47 Å². The largest absolute Gasteiger partial charge is 0.415 e. The monoisotopic (exact) mass is 354 g/mol. The highest BCUT2D eigenvalue weighted by atomic mass is 79.9. The van der Waals surface area contributed by atoms with Crippen LogP contribution in [0.2, 0.25) is 0 Å². The van der Waals surface area contributed by atoms with Crippen LogP contribution in [-0.2, 0) is 0 Å². The number of halogens is 1. The molecule has 5 nitrogen and oxygen atoms in total. The maximum absolute atomic E-state index is 5.74. The molecule has 3 heterocycles. The summed E-state index contributed by atoms with van der Waals surface area (Å²) < 4.78 is 8.62. The van der Waals surface area contributed by atoms with Gasteiger partial charge in [-0.05, 0) is 46.6 Å². The molecule has 0 saturated carbocycles. The fraction of sp³-hybridized carbons (Fsp3) is 0.0625. The summed E-state index contributed by atoms with van der Waals surface area (Å²) in [7, 11) is 0. The highest BCUT2D eigenvalue weighted by molar-refractivity contribution is 9.10. The predicted octanol–water partition coefficient (Wildman–Crippen LogP) is 4.12. The Balaban J connectivity index is 1.80. The van der Waals surface area contributed by atoms with Crippen molar-refractivity contribution in [1.29, 1.82) is 0 Å². The van der Waals surface area contributed by atoms with Crippen molar-refractivity contribution in [2.75, 3.05) is 0 Å². The van der Waals surface area contributed by atoms with E-state index < -0.39 is 0 Å². The number of benzene rings is 1. The third kappa shape index (κ3) is 2.21. The van der Waals surface area contributed by atoms with E-state index >= 15 is 0 Å². The molecule has 0 N–H and O–H groups in total. The summed E-state index contributed by atoms with van der Waals surface area (Å²) in [6.07, 6.45) is 3.89. The van der Waals surface area contributed by atoms with Gasteiger partial charge in [0.1, 0.15) is 5.69 Å². The maximum atomic E-state index is 5.74. The lowest BCUT2D eigenvalue weighted by atomic mass is 10.2. The van der Waals surface area contributed by atoms with Crippen molar-refractivity contribution in [3.63, 3.8) is 0 Å². The zero-order valence-electron chi connectivity index (χ0n) is 11.7. The topological polar surface area (TPSA) is 56.2 Å². The molecule has 0 amide bonds. The van der Waals surface area contributed by atoms with Crippen molar-refractivity contribution >= 4 is 21.6 Å². The van der Waals surface area contributed by atoms with E-state index in [1.54, 1.807) is 0 Å². The Morgan fingerprint density at radius 1 is 1.05 bits per heavy atom. The standard InChI is InChI=1S/C16H11BrN4O/c1-10-7-12(17)14-18-13(9-21(14)8-10)16-20-19-15(22-16)11-5-3-2-4-6-11/h2-9H,1H3. The summed E-state index contributed by atoms with van der Waals surface area (Å²) in [5.74, 6) is 0.898. The number of aromatic nitrogens is 4. The molecule has 108 valence electrons. The number of rotatable bonds is 2. The normalized spacial score (nSPS) is 11.2. The third-order valence-corrected chi connectivity index (χ3v) is 3.89. The molecular formula is C16H11BrN4O. The lowest BCUT2D eigenvalue weighted by Gasteiger charge is -1.97. The minimum absolute atomic E-state index is 0.409. The van der Waals surface area contributed by atoms with Gasteiger partial charge in [0.25, 0.3) is 5.89 Å². The molecule has 0 unspecified atom stereocenters. The number of pyridine rings is 1. The van der Waals surface area contributed by atoms with E-state index in [2.05, 4.69) is 31.1 Å². The number of hydrogen-bond acceptors (Lipinski definition) is 4.